The highest BCUT2D eigenvalue weighted by atomic mass is 16.1. The number of hydrogen-bond donors (Lipinski definition) is 1. The van der Waals surface area contributed by atoms with Gasteiger partial charge in [-0.1, -0.05) is 18.2 Å². The summed E-state index contributed by atoms with van der Waals surface area (Å²) in [4.78, 5) is 12.0. The number of nitrogens with one attached hydrogen (secondary N) is 1. The molecule has 0 amide bonds. The number of Topliss-reactive ketones (excluding diaryl/α,β-unsaturated/α-hetero) is 1. The molecule has 1 atom stereocenters. The number of carbonyl (C=O) groups excluding carboxylic acids is 1. The molecule has 1 aliphatic carbocycles. The van der Waals surface area contributed by atoms with Crippen LogP contribution in [0.25, 0.3) is 0 Å². The fourth-order valence-electron chi connectivity index (χ4n) is 3.38. The summed E-state index contributed by atoms with van der Waals surface area (Å²) in [6.07, 6.45) is 7.39. The van der Waals surface area contributed by atoms with Gasteiger partial charge in [0.15, 0.2) is 0 Å². The summed E-state index contributed by atoms with van der Waals surface area (Å²) in [6.45, 7) is 2.23. The molecule has 2 nitrogen and oxygen atoms in total. The Labute approximate surface area is 115 Å². The lowest BCUT2D eigenvalue weighted by Gasteiger charge is -2.08. The Hall–Kier alpha value is -1.15. The number of ketones is 1. The van der Waals surface area contributed by atoms with Crippen LogP contribution >= 0.6 is 0 Å². The van der Waals surface area contributed by atoms with E-state index >= 15 is 0 Å². The van der Waals surface area contributed by atoms with Crippen LogP contribution in [0.2, 0.25) is 0 Å². The molecule has 1 aliphatic heterocycles. The van der Waals surface area contributed by atoms with Gasteiger partial charge in [0.25, 0.3) is 0 Å². The second-order valence-corrected chi connectivity index (χ2v) is 6.07. The average Bonchev–Trinajstić information content (AvgIpc) is 3.07. The summed E-state index contributed by atoms with van der Waals surface area (Å²) in [5.41, 5.74) is 4.19. The zero-order valence-corrected chi connectivity index (χ0v) is 11.6. The van der Waals surface area contributed by atoms with Crippen LogP contribution in [0.1, 0.15) is 42.4 Å². The third-order valence-electron chi connectivity index (χ3n) is 4.56. The van der Waals surface area contributed by atoms with Crippen LogP contribution in [0.5, 0.6) is 0 Å². The largest absolute Gasteiger partial charge is 0.316 e. The third-order valence-corrected chi connectivity index (χ3v) is 4.56. The predicted octanol–water partition coefficient (Wildman–Crippen LogP) is 2.68. The first-order chi connectivity index (χ1) is 9.31. The number of fused-ring (bicyclic) bond motifs is 1. The first kappa shape index (κ1) is 12.9. The highest BCUT2D eigenvalue weighted by molar-refractivity contribution is 5.80. The van der Waals surface area contributed by atoms with E-state index in [1.54, 1.807) is 0 Å². The summed E-state index contributed by atoms with van der Waals surface area (Å²) in [5.74, 6) is 1.13. The summed E-state index contributed by atoms with van der Waals surface area (Å²) in [6, 6.07) is 6.64. The zero-order valence-electron chi connectivity index (χ0n) is 11.6. The molecule has 1 heterocycles. The first-order valence-electron chi connectivity index (χ1n) is 7.64. The van der Waals surface area contributed by atoms with Crippen molar-refractivity contribution < 1.29 is 4.79 Å². The van der Waals surface area contributed by atoms with Gasteiger partial charge in [-0.2, -0.15) is 0 Å². The van der Waals surface area contributed by atoms with Gasteiger partial charge in [0.1, 0.15) is 5.78 Å². The van der Waals surface area contributed by atoms with Crippen molar-refractivity contribution in [3.05, 3.63) is 34.9 Å². The molecule has 1 saturated heterocycles. The lowest BCUT2D eigenvalue weighted by molar-refractivity contribution is -0.118. The molecule has 1 aromatic carbocycles. The van der Waals surface area contributed by atoms with Gasteiger partial charge in [-0.05, 0) is 67.8 Å². The molecule has 0 radical (unpaired) electrons. The molecule has 0 spiro atoms. The van der Waals surface area contributed by atoms with Gasteiger partial charge in [-0.25, -0.2) is 0 Å². The summed E-state index contributed by atoms with van der Waals surface area (Å²) >= 11 is 0. The van der Waals surface area contributed by atoms with Crippen molar-refractivity contribution in [2.24, 2.45) is 5.92 Å². The normalized spacial score (nSPS) is 21.6. The average molecular weight is 257 g/mol. The molecule has 1 fully saturated rings. The van der Waals surface area contributed by atoms with Crippen molar-refractivity contribution in [3.63, 3.8) is 0 Å². The molecule has 1 aromatic rings. The van der Waals surface area contributed by atoms with Gasteiger partial charge in [0.2, 0.25) is 0 Å². The minimum absolute atomic E-state index is 0.407. The minimum Gasteiger partial charge on any atom is -0.316 e. The molecular formula is C17H23NO. The van der Waals surface area contributed by atoms with E-state index in [9.17, 15) is 4.79 Å². The smallest absolute Gasteiger partial charge is 0.137 e. The van der Waals surface area contributed by atoms with Crippen LogP contribution in [0.4, 0.5) is 0 Å². The standard InChI is InChI=1S/C17H23NO/c19-17(7-5-13-8-9-18-12-13)11-14-4-6-15-2-1-3-16(15)10-14/h4,6,10,13,18H,1-3,5,7-9,11-12H2. The zero-order chi connectivity index (χ0) is 13.1. The van der Waals surface area contributed by atoms with Crippen molar-refractivity contribution in [2.45, 2.75) is 44.9 Å². The fraction of sp³-hybridized carbons (Fsp3) is 0.588. The maximum atomic E-state index is 12.0. The molecule has 2 heteroatoms. The molecule has 1 unspecified atom stereocenters. The minimum atomic E-state index is 0.407. The van der Waals surface area contributed by atoms with Gasteiger partial charge in [0.05, 0.1) is 0 Å². The second kappa shape index (κ2) is 5.87. The number of aryl methyl sites for hydroxylation is 2. The Morgan fingerprint density at radius 2 is 2.16 bits per heavy atom. The van der Waals surface area contributed by atoms with Gasteiger partial charge < -0.3 is 5.32 Å². The van der Waals surface area contributed by atoms with Crippen LogP contribution in [0.15, 0.2) is 18.2 Å². The van der Waals surface area contributed by atoms with Crippen molar-refractivity contribution >= 4 is 5.78 Å². The lowest BCUT2D eigenvalue weighted by atomic mass is 9.97. The van der Waals surface area contributed by atoms with Crippen molar-refractivity contribution in [1.29, 1.82) is 0 Å². The number of benzene rings is 1. The third kappa shape index (κ3) is 3.24. The Bertz CT molecular complexity index is 460. The first-order valence-corrected chi connectivity index (χ1v) is 7.64. The Morgan fingerprint density at radius 3 is 3.00 bits per heavy atom. The highest BCUT2D eigenvalue weighted by Gasteiger charge is 2.16. The van der Waals surface area contributed by atoms with Gasteiger partial charge >= 0.3 is 0 Å². The molecule has 3 rings (SSSR count). The maximum Gasteiger partial charge on any atom is 0.137 e. The number of carbonyl (C=O) groups is 1. The van der Waals surface area contributed by atoms with Gasteiger partial charge in [-0.15, -0.1) is 0 Å². The number of hydrogen-bond acceptors (Lipinski definition) is 2. The molecule has 2 aliphatic rings. The summed E-state index contributed by atoms with van der Waals surface area (Å²) in [5, 5.41) is 3.36. The van der Waals surface area contributed by atoms with E-state index in [2.05, 4.69) is 23.5 Å². The van der Waals surface area contributed by atoms with E-state index < -0.39 is 0 Å². The summed E-state index contributed by atoms with van der Waals surface area (Å²) < 4.78 is 0. The van der Waals surface area contributed by atoms with E-state index in [0.29, 0.717) is 12.2 Å². The van der Waals surface area contributed by atoms with Crippen LogP contribution in [-0.4, -0.2) is 18.9 Å². The second-order valence-electron chi connectivity index (χ2n) is 6.07. The van der Waals surface area contributed by atoms with E-state index in [1.807, 2.05) is 0 Å². The van der Waals surface area contributed by atoms with E-state index in [4.69, 9.17) is 0 Å². The van der Waals surface area contributed by atoms with Crippen LogP contribution < -0.4 is 5.32 Å². The van der Waals surface area contributed by atoms with Crippen LogP contribution in [0, 0.1) is 5.92 Å². The number of rotatable bonds is 5. The molecule has 0 bridgehead atoms. The monoisotopic (exact) mass is 257 g/mol. The Kier molecular flexibility index (Phi) is 3.97. The summed E-state index contributed by atoms with van der Waals surface area (Å²) in [7, 11) is 0. The Balaban J connectivity index is 1.51. The van der Waals surface area contributed by atoms with Gasteiger partial charge in [-0.3, -0.25) is 4.79 Å². The molecule has 102 valence electrons. The molecule has 0 aromatic heterocycles. The van der Waals surface area contributed by atoms with Crippen molar-refractivity contribution in [2.75, 3.05) is 13.1 Å². The van der Waals surface area contributed by atoms with Crippen LogP contribution in [-0.2, 0) is 24.1 Å². The van der Waals surface area contributed by atoms with Crippen molar-refractivity contribution in [3.8, 4) is 0 Å². The predicted molar refractivity (Wildman–Crippen MR) is 77.4 cm³/mol. The van der Waals surface area contributed by atoms with E-state index in [0.717, 1.165) is 31.8 Å². The lowest BCUT2D eigenvalue weighted by Crippen LogP contribution is -2.11. The van der Waals surface area contributed by atoms with Crippen LogP contribution in [0.3, 0.4) is 0 Å². The van der Waals surface area contributed by atoms with E-state index in [1.165, 1.54) is 42.4 Å². The fourth-order valence-corrected chi connectivity index (χ4v) is 3.38. The molecule has 1 N–H and O–H groups in total. The molecule has 19 heavy (non-hydrogen) atoms. The van der Waals surface area contributed by atoms with E-state index in [-0.39, 0.29) is 0 Å². The topological polar surface area (TPSA) is 29.1 Å². The van der Waals surface area contributed by atoms with Gasteiger partial charge in [0, 0.05) is 12.8 Å². The molecular weight excluding hydrogens is 234 g/mol. The SMILES string of the molecule is O=C(CCC1CCNC1)Cc1ccc2c(c1)CCC2. The Morgan fingerprint density at radius 1 is 1.26 bits per heavy atom. The maximum absolute atomic E-state index is 12.0. The quantitative estimate of drug-likeness (QED) is 0.878. The highest BCUT2D eigenvalue weighted by Crippen LogP contribution is 2.23. The molecule has 0 saturated carbocycles. The van der Waals surface area contributed by atoms with Crippen molar-refractivity contribution in [1.82, 2.24) is 5.32 Å².